The van der Waals surface area contributed by atoms with Gasteiger partial charge in [0.1, 0.15) is 0 Å². The average Bonchev–Trinajstić information content (AvgIpc) is 3.24. The summed E-state index contributed by atoms with van der Waals surface area (Å²) in [5.74, 6) is -0.0678. The van der Waals surface area contributed by atoms with E-state index in [4.69, 9.17) is 10.5 Å². The van der Waals surface area contributed by atoms with Crippen LogP contribution < -0.4 is 16.4 Å². The molecule has 1 amide bonds. The standard InChI is InChI=1S/C16H25N3O2/c1-3-18-15(20)13-5-4-12(17)10-14(13)19-11-16(6-7-16)8-9-21-2/h4-5,10,19H,3,6-9,11,17H2,1-2H3,(H,18,20). The Morgan fingerprint density at radius 1 is 1.43 bits per heavy atom. The number of carbonyl (C=O) groups is 1. The summed E-state index contributed by atoms with van der Waals surface area (Å²) in [6.07, 6.45) is 3.47. The monoisotopic (exact) mass is 291 g/mol. The van der Waals surface area contributed by atoms with Crippen molar-refractivity contribution in [1.82, 2.24) is 5.32 Å². The first-order valence-electron chi connectivity index (χ1n) is 7.51. The molecule has 1 aromatic rings. The van der Waals surface area contributed by atoms with Gasteiger partial charge in [0.15, 0.2) is 0 Å². The van der Waals surface area contributed by atoms with E-state index in [9.17, 15) is 4.79 Å². The molecule has 0 aliphatic heterocycles. The van der Waals surface area contributed by atoms with Crippen molar-refractivity contribution < 1.29 is 9.53 Å². The summed E-state index contributed by atoms with van der Waals surface area (Å²) in [4.78, 5) is 12.1. The van der Waals surface area contributed by atoms with Gasteiger partial charge in [-0.2, -0.15) is 0 Å². The molecule has 0 heterocycles. The number of hydrogen-bond acceptors (Lipinski definition) is 4. The highest BCUT2D eigenvalue weighted by Crippen LogP contribution is 2.48. The van der Waals surface area contributed by atoms with Crippen molar-refractivity contribution in [2.45, 2.75) is 26.2 Å². The molecule has 0 radical (unpaired) electrons. The SMILES string of the molecule is CCNC(=O)c1ccc(N)cc1NCC1(CCOC)CC1. The molecule has 0 saturated heterocycles. The van der Waals surface area contributed by atoms with Crippen molar-refractivity contribution in [3.63, 3.8) is 0 Å². The van der Waals surface area contributed by atoms with E-state index in [0.717, 1.165) is 25.3 Å². The third kappa shape index (κ3) is 4.11. The maximum atomic E-state index is 12.1. The minimum Gasteiger partial charge on any atom is -0.399 e. The van der Waals surface area contributed by atoms with E-state index in [0.29, 0.717) is 23.2 Å². The first-order valence-corrected chi connectivity index (χ1v) is 7.51. The first kappa shape index (κ1) is 15.6. The molecule has 5 nitrogen and oxygen atoms in total. The molecule has 5 heteroatoms. The van der Waals surface area contributed by atoms with Gasteiger partial charge in [0.05, 0.1) is 5.56 Å². The van der Waals surface area contributed by atoms with Crippen molar-refractivity contribution in [2.75, 3.05) is 37.9 Å². The van der Waals surface area contributed by atoms with Crippen LogP contribution in [0.1, 0.15) is 36.5 Å². The first-order chi connectivity index (χ1) is 10.1. The second-order valence-electron chi connectivity index (χ2n) is 5.76. The molecular weight excluding hydrogens is 266 g/mol. The third-order valence-electron chi connectivity index (χ3n) is 4.07. The summed E-state index contributed by atoms with van der Waals surface area (Å²) in [5, 5.41) is 6.24. The highest BCUT2D eigenvalue weighted by molar-refractivity contribution is 6.00. The van der Waals surface area contributed by atoms with Gasteiger partial charge in [-0.05, 0) is 49.8 Å². The van der Waals surface area contributed by atoms with Gasteiger partial charge in [-0.1, -0.05) is 0 Å². The number of nitrogens with two attached hydrogens (primary N) is 1. The second-order valence-corrected chi connectivity index (χ2v) is 5.76. The molecule has 4 N–H and O–H groups in total. The second kappa shape index (κ2) is 6.80. The smallest absolute Gasteiger partial charge is 0.253 e. The topological polar surface area (TPSA) is 76.4 Å². The zero-order valence-corrected chi connectivity index (χ0v) is 12.9. The molecule has 0 bridgehead atoms. The highest BCUT2D eigenvalue weighted by atomic mass is 16.5. The van der Waals surface area contributed by atoms with Gasteiger partial charge in [0.25, 0.3) is 5.91 Å². The molecule has 0 unspecified atom stereocenters. The summed E-state index contributed by atoms with van der Waals surface area (Å²) >= 11 is 0. The lowest BCUT2D eigenvalue weighted by atomic mass is 10.0. The number of rotatable bonds is 8. The minimum absolute atomic E-state index is 0.0678. The van der Waals surface area contributed by atoms with Crippen LogP contribution in [-0.2, 0) is 4.74 Å². The van der Waals surface area contributed by atoms with Crippen molar-refractivity contribution in [1.29, 1.82) is 0 Å². The van der Waals surface area contributed by atoms with Crippen molar-refractivity contribution in [3.8, 4) is 0 Å². The summed E-state index contributed by atoms with van der Waals surface area (Å²) in [7, 11) is 1.73. The van der Waals surface area contributed by atoms with Crippen LogP contribution in [0, 0.1) is 5.41 Å². The van der Waals surface area contributed by atoms with Gasteiger partial charge in [0.2, 0.25) is 0 Å². The van der Waals surface area contributed by atoms with Crippen LogP contribution in [0.2, 0.25) is 0 Å². The molecule has 2 rings (SSSR count). The molecule has 0 atom stereocenters. The van der Waals surface area contributed by atoms with Crippen LogP contribution in [0.3, 0.4) is 0 Å². The van der Waals surface area contributed by atoms with E-state index < -0.39 is 0 Å². The van der Waals surface area contributed by atoms with E-state index >= 15 is 0 Å². The number of amides is 1. The van der Waals surface area contributed by atoms with Crippen LogP contribution in [0.5, 0.6) is 0 Å². The van der Waals surface area contributed by atoms with E-state index in [1.54, 1.807) is 19.2 Å². The van der Waals surface area contributed by atoms with E-state index in [1.165, 1.54) is 12.8 Å². The van der Waals surface area contributed by atoms with Crippen LogP contribution in [0.25, 0.3) is 0 Å². The molecule has 1 fully saturated rings. The summed E-state index contributed by atoms with van der Waals surface area (Å²) in [6, 6.07) is 5.36. The molecule has 0 aromatic heterocycles. The number of carbonyl (C=O) groups excluding carboxylic acids is 1. The highest BCUT2D eigenvalue weighted by Gasteiger charge is 2.41. The number of methoxy groups -OCH3 is 1. The lowest BCUT2D eigenvalue weighted by molar-refractivity contribution is 0.0956. The van der Waals surface area contributed by atoms with Gasteiger partial charge in [-0.15, -0.1) is 0 Å². The predicted molar refractivity (Wildman–Crippen MR) is 85.5 cm³/mol. The van der Waals surface area contributed by atoms with Gasteiger partial charge in [-0.25, -0.2) is 0 Å². The molecule has 21 heavy (non-hydrogen) atoms. The average molecular weight is 291 g/mol. The third-order valence-corrected chi connectivity index (χ3v) is 4.07. The molecule has 1 aliphatic rings. The van der Waals surface area contributed by atoms with E-state index in [-0.39, 0.29) is 5.91 Å². The maximum Gasteiger partial charge on any atom is 0.253 e. The van der Waals surface area contributed by atoms with Crippen LogP contribution in [0.15, 0.2) is 18.2 Å². The number of ether oxygens (including phenoxy) is 1. The Morgan fingerprint density at radius 2 is 2.19 bits per heavy atom. The Kier molecular flexibility index (Phi) is 5.07. The molecule has 1 aliphatic carbocycles. The molecular formula is C16H25N3O2. The largest absolute Gasteiger partial charge is 0.399 e. The molecule has 0 spiro atoms. The Labute approximate surface area is 126 Å². The normalized spacial score (nSPS) is 15.5. The number of nitrogens with one attached hydrogen (secondary N) is 2. The number of hydrogen-bond donors (Lipinski definition) is 3. The molecule has 116 valence electrons. The van der Waals surface area contributed by atoms with E-state index in [1.807, 2.05) is 13.0 Å². The summed E-state index contributed by atoms with van der Waals surface area (Å²) < 4.78 is 5.17. The predicted octanol–water partition coefficient (Wildman–Crippen LogP) is 2.25. The van der Waals surface area contributed by atoms with Crippen molar-refractivity contribution in [3.05, 3.63) is 23.8 Å². The fourth-order valence-electron chi connectivity index (χ4n) is 2.46. The number of benzene rings is 1. The van der Waals surface area contributed by atoms with Gasteiger partial charge in [-0.3, -0.25) is 4.79 Å². The molecule has 1 saturated carbocycles. The number of nitrogen functional groups attached to an aromatic ring is 1. The van der Waals surface area contributed by atoms with Gasteiger partial charge < -0.3 is 21.1 Å². The Bertz CT molecular complexity index is 498. The molecule has 1 aromatic carbocycles. The minimum atomic E-state index is -0.0678. The fraction of sp³-hybridized carbons (Fsp3) is 0.562. The van der Waals surface area contributed by atoms with Gasteiger partial charge >= 0.3 is 0 Å². The number of anilines is 2. The zero-order chi connectivity index (χ0) is 15.3. The Hall–Kier alpha value is -1.75. The zero-order valence-electron chi connectivity index (χ0n) is 12.9. The summed E-state index contributed by atoms with van der Waals surface area (Å²) in [5.41, 5.74) is 8.28. The maximum absolute atomic E-state index is 12.1. The summed E-state index contributed by atoms with van der Waals surface area (Å²) in [6.45, 7) is 4.15. The lowest BCUT2D eigenvalue weighted by Crippen LogP contribution is -2.25. The lowest BCUT2D eigenvalue weighted by Gasteiger charge is -2.18. The van der Waals surface area contributed by atoms with Crippen molar-refractivity contribution >= 4 is 17.3 Å². The van der Waals surface area contributed by atoms with Crippen LogP contribution in [0.4, 0.5) is 11.4 Å². The van der Waals surface area contributed by atoms with Crippen molar-refractivity contribution in [2.24, 2.45) is 5.41 Å². The quantitative estimate of drug-likeness (QED) is 0.642. The van der Waals surface area contributed by atoms with Gasteiger partial charge in [0, 0.05) is 38.2 Å². The van der Waals surface area contributed by atoms with E-state index in [2.05, 4.69) is 10.6 Å². The fourth-order valence-corrected chi connectivity index (χ4v) is 2.46. The Balaban J connectivity index is 2.05. The van der Waals surface area contributed by atoms with Crippen LogP contribution in [-0.4, -0.2) is 32.7 Å². The van der Waals surface area contributed by atoms with Crippen LogP contribution >= 0.6 is 0 Å². The Morgan fingerprint density at radius 3 is 2.81 bits per heavy atom.